The molecule has 0 saturated heterocycles. The number of carbonyl (C=O) groups is 2. The number of carbonyl (C=O) groups excluding carboxylic acids is 2. The quantitative estimate of drug-likeness (QED) is 0.872. The summed E-state index contributed by atoms with van der Waals surface area (Å²) < 4.78 is 4.67. The highest BCUT2D eigenvalue weighted by atomic mass is 35.5. The lowest BCUT2D eigenvalue weighted by Crippen LogP contribution is -2.28. The lowest BCUT2D eigenvalue weighted by Gasteiger charge is -2.10. The molecule has 0 aromatic heterocycles. The molecule has 0 aliphatic carbocycles. The highest BCUT2D eigenvalue weighted by molar-refractivity contribution is 6.30. The SMILES string of the molecule is COC(=O)C[C@@H]1N=C(c2ccc(Cl)cc2)c2ccccc2NC1=O. The van der Waals surface area contributed by atoms with E-state index in [2.05, 4.69) is 15.0 Å². The number of para-hydroxylation sites is 1. The van der Waals surface area contributed by atoms with Gasteiger partial charge in [0.15, 0.2) is 0 Å². The third-order valence-corrected chi connectivity index (χ3v) is 3.98. The second-order valence-corrected chi connectivity index (χ2v) is 5.75. The van der Waals surface area contributed by atoms with Crippen molar-refractivity contribution in [3.8, 4) is 0 Å². The minimum absolute atomic E-state index is 0.118. The van der Waals surface area contributed by atoms with Crippen LogP contribution < -0.4 is 5.32 Å². The number of aliphatic imine (C=N–C) groups is 1. The maximum absolute atomic E-state index is 12.4. The van der Waals surface area contributed by atoms with E-state index < -0.39 is 12.0 Å². The van der Waals surface area contributed by atoms with E-state index in [0.717, 1.165) is 11.1 Å². The van der Waals surface area contributed by atoms with Gasteiger partial charge in [-0.25, -0.2) is 0 Å². The summed E-state index contributed by atoms with van der Waals surface area (Å²) in [7, 11) is 1.29. The first-order chi connectivity index (χ1) is 11.6. The standard InChI is InChI=1S/C18H15ClN2O3/c1-24-16(22)10-15-18(23)21-14-5-3-2-4-13(14)17(20-15)11-6-8-12(19)9-7-11/h2-9,15H,10H2,1H3,(H,21,23)/t15-/m0/s1. The minimum atomic E-state index is -0.851. The topological polar surface area (TPSA) is 67.8 Å². The van der Waals surface area contributed by atoms with Gasteiger partial charge in [-0.1, -0.05) is 41.9 Å². The summed E-state index contributed by atoms with van der Waals surface area (Å²) in [6.45, 7) is 0. The number of nitrogens with one attached hydrogen (secondary N) is 1. The van der Waals surface area contributed by atoms with Crippen molar-refractivity contribution in [1.29, 1.82) is 0 Å². The Morgan fingerprint density at radius 1 is 1.21 bits per heavy atom. The maximum Gasteiger partial charge on any atom is 0.308 e. The lowest BCUT2D eigenvalue weighted by molar-refractivity contribution is -0.142. The number of halogens is 1. The second-order valence-electron chi connectivity index (χ2n) is 5.32. The van der Waals surface area contributed by atoms with Crippen molar-refractivity contribution >= 4 is 34.9 Å². The number of esters is 1. The van der Waals surface area contributed by atoms with E-state index in [4.69, 9.17) is 11.6 Å². The van der Waals surface area contributed by atoms with Gasteiger partial charge in [0.05, 0.1) is 24.9 Å². The fourth-order valence-electron chi connectivity index (χ4n) is 2.52. The van der Waals surface area contributed by atoms with Gasteiger partial charge in [0.2, 0.25) is 5.91 Å². The van der Waals surface area contributed by atoms with E-state index in [1.165, 1.54) is 7.11 Å². The molecule has 0 bridgehead atoms. The number of benzodiazepines with no additional fused rings is 1. The Bertz CT molecular complexity index is 815. The van der Waals surface area contributed by atoms with Crippen LogP contribution in [0.25, 0.3) is 0 Å². The van der Waals surface area contributed by atoms with Crippen molar-refractivity contribution in [2.45, 2.75) is 12.5 Å². The molecule has 1 aliphatic rings. The Kier molecular flexibility index (Phi) is 4.62. The molecule has 0 fully saturated rings. The normalized spacial score (nSPS) is 16.5. The van der Waals surface area contributed by atoms with E-state index in [-0.39, 0.29) is 12.3 Å². The summed E-state index contributed by atoms with van der Waals surface area (Å²) in [6.07, 6.45) is -0.118. The molecular formula is C18H15ClN2O3. The van der Waals surface area contributed by atoms with Crippen LogP contribution in [0.4, 0.5) is 5.69 Å². The van der Waals surface area contributed by atoms with Crippen LogP contribution in [0.5, 0.6) is 0 Å². The van der Waals surface area contributed by atoms with Crippen molar-refractivity contribution in [3.63, 3.8) is 0 Å². The molecule has 2 aromatic rings. The highest BCUT2D eigenvalue weighted by Gasteiger charge is 2.27. The van der Waals surface area contributed by atoms with Gasteiger partial charge in [0.25, 0.3) is 0 Å². The number of hydrogen-bond acceptors (Lipinski definition) is 4. The molecule has 0 spiro atoms. The van der Waals surface area contributed by atoms with Crippen molar-refractivity contribution in [3.05, 3.63) is 64.7 Å². The summed E-state index contributed by atoms with van der Waals surface area (Å²) in [5.74, 6) is -0.822. The number of benzene rings is 2. The molecule has 0 radical (unpaired) electrons. The summed E-state index contributed by atoms with van der Waals surface area (Å²) in [5, 5.41) is 3.44. The number of nitrogens with zero attached hydrogens (tertiary/aromatic N) is 1. The summed E-state index contributed by atoms with van der Waals surface area (Å²) in [6, 6.07) is 13.7. The molecule has 1 atom stereocenters. The number of rotatable bonds is 3. The molecule has 0 saturated carbocycles. The van der Waals surface area contributed by atoms with Gasteiger partial charge in [0, 0.05) is 16.1 Å². The van der Waals surface area contributed by atoms with E-state index in [1.807, 2.05) is 30.3 Å². The van der Waals surface area contributed by atoms with E-state index >= 15 is 0 Å². The number of amides is 1. The molecule has 3 rings (SSSR count). The third-order valence-electron chi connectivity index (χ3n) is 3.73. The Hall–Kier alpha value is -2.66. The molecule has 1 aliphatic heterocycles. The smallest absolute Gasteiger partial charge is 0.308 e. The highest BCUT2D eigenvalue weighted by Crippen LogP contribution is 2.25. The molecule has 6 heteroatoms. The van der Waals surface area contributed by atoms with Gasteiger partial charge in [-0.3, -0.25) is 14.6 Å². The van der Waals surface area contributed by atoms with Crippen LogP contribution in [-0.2, 0) is 14.3 Å². The number of hydrogen-bond donors (Lipinski definition) is 1. The zero-order valence-electron chi connectivity index (χ0n) is 13.0. The van der Waals surface area contributed by atoms with Gasteiger partial charge < -0.3 is 10.1 Å². The van der Waals surface area contributed by atoms with Crippen molar-refractivity contribution in [1.82, 2.24) is 0 Å². The zero-order chi connectivity index (χ0) is 17.1. The van der Waals surface area contributed by atoms with Crippen LogP contribution in [0.15, 0.2) is 53.5 Å². The molecule has 122 valence electrons. The van der Waals surface area contributed by atoms with Crippen LogP contribution >= 0.6 is 11.6 Å². The average molecular weight is 343 g/mol. The monoisotopic (exact) mass is 342 g/mol. The average Bonchev–Trinajstić information content (AvgIpc) is 2.72. The Balaban J connectivity index is 2.11. The summed E-state index contributed by atoms with van der Waals surface area (Å²) in [4.78, 5) is 28.6. The molecule has 0 unspecified atom stereocenters. The van der Waals surface area contributed by atoms with Gasteiger partial charge in [-0.05, 0) is 18.2 Å². The number of fused-ring (bicyclic) bond motifs is 1. The molecule has 24 heavy (non-hydrogen) atoms. The molecule has 5 nitrogen and oxygen atoms in total. The van der Waals surface area contributed by atoms with E-state index in [9.17, 15) is 9.59 Å². The van der Waals surface area contributed by atoms with E-state index in [0.29, 0.717) is 16.4 Å². The van der Waals surface area contributed by atoms with Crippen LogP contribution in [0.3, 0.4) is 0 Å². The number of ether oxygens (including phenoxy) is 1. The predicted molar refractivity (Wildman–Crippen MR) is 92.6 cm³/mol. The van der Waals surface area contributed by atoms with Gasteiger partial charge >= 0.3 is 5.97 Å². The molecule has 1 heterocycles. The molecule has 1 amide bonds. The Morgan fingerprint density at radius 3 is 2.62 bits per heavy atom. The summed E-state index contributed by atoms with van der Waals surface area (Å²) in [5.41, 5.74) is 2.90. The fraction of sp³-hybridized carbons (Fsp3) is 0.167. The molecule has 1 N–H and O–H groups in total. The minimum Gasteiger partial charge on any atom is -0.469 e. The maximum atomic E-state index is 12.4. The van der Waals surface area contributed by atoms with Crippen LogP contribution in [0.2, 0.25) is 5.02 Å². The second kappa shape index (κ2) is 6.84. The molecule has 2 aromatic carbocycles. The molecular weight excluding hydrogens is 328 g/mol. The van der Waals surface area contributed by atoms with Crippen LogP contribution in [0.1, 0.15) is 17.5 Å². The first kappa shape index (κ1) is 16.2. The number of anilines is 1. The van der Waals surface area contributed by atoms with E-state index in [1.54, 1.807) is 18.2 Å². The van der Waals surface area contributed by atoms with Crippen molar-refractivity contribution in [2.75, 3.05) is 12.4 Å². The third kappa shape index (κ3) is 3.31. The largest absolute Gasteiger partial charge is 0.469 e. The van der Waals surface area contributed by atoms with Gasteiger partial charge in [-0.15, -0.1) is 0 Å². The first-order valence-corrected chi connectivity index (χ1v) is 7.77. The van der Waals surface area contributed by atoms with Crippen LogP contribution in [0, 0.1) is 0 Å². The number of methoxy groups -OCH3 is 1. The van der Waals surface area contributed by atoms with Gasteiger partial charge in [0.1, 0.15) is 6.04 Å². The van der Waals surface area contributed by atoms with Crippen LogP contribution in [-0.4, -0.2) is 30.7 Å². The van der Waals surface area contributed by atoms with Crippen molar-refractivity contribution < 1.29 is 14.3 Å². The van der Waals surface area contributed by atoms with Crippen molar-refractivity contribution in [2.24, 2.45) is 4.99 Å². The predicted octanol–water partition coefficient (Wildman–Crippen LogP) is 3.06. The fourth-order valence-corrected chi connectivity index (χ4v) is 2.64. The summed E-state index contributed by atoms with van der Waals surface area (Å²) >= 11 is 5.96. The van der Waals surface area contributed by atoms with Gasteiger partial charge in [-0.2, -0.15) is 0 Å². The first-order valence-electron chi connectivity index (χ1n) is 7.39. The lowest BCUT2D eigenvalue weighted by atomic mass is 10.0. The zero-order valence-corrected chi connectivity index (χ0v) is 13.7. The Morgan fingerprint density at radius 2 is 1.92 bits per heavy atom. The Labute approximate surface area is 144 Å².